The van der Waals surface area contributed by atoms with Crippen LogP contribution in [-0.2, 0) is 0 Å². The van der Waals surface area contributed by atoms with Gasteiger partial charge in [-0.15, -0.1) is 0 Å². The lowest BCUT2D eigenvalue weighted by molar-refractivity contribution is 0.511. The Hall–Kier alpha value is -2.28. The second kappa shape index (κ2) is 8.76. The fourth-order valence-corrected chi connectivity index (χ4v) is 1.69. The number of hydrogen-bond acceptors (Lipinski definition) is 1. The van der Waals surface area contributed by atoms with Crippen molar-refractivity contribution >= 4 is 5.76 Å². The van der Waals surface area contributed by atoms with E-state index in [9.17, 15) is 0 Å². The molecule has 2 aromatic rings. The monoisotopic (exact) mass is 266 g/mol. The van der Waals surface area contributed by atoms with Crippen molar-refractivity contribution in [3.8, 4) is 5.75 Å². The van der Waals surface area contributed by atoms with E-state index in [0.29, 0.717) is 0 Å². The first-order valence-electron chi connectivity index (χ1n) is 6.93. The molecule has 0 bridgehead atoms. The van der Waals surface area contributed by atoms with Crippen LogP contribution in [0.1, 0.15) is 25.0 Å². The molecule has 0 spiro atoms. The first-order chi connectivity index (χ1) is 9.81. The molecule has 0 saturated carbocycles. The van der Waals surface area contributed by atoms with E-state index in [1.807, 2.05) is 81.4 Å². The van der Waals surface area contributed by atoms with Gasteiger partial charge in [-0.25, -0.2) is 0 Å². The van der Waals surface area contributed by atoms with Gasteiger partial charge in [-0.2, -0.15) is 0 Å². The Morgan fingerprint density at radius 1 is 0.950 bits per heavy atom. The Morgan fingerprint density at radius 2 is 1.55 bits per heavy atom. The van der Waals surface area contributed by atoms with Gasteiger partial charge in [-0.3, -0.25) is 0 Å². The van der Waals surface area contributed by atoms with Gasteiger partial charge in [0.25, 0.3) is 0 Å². The van der Waals surface area contributed by atoms with Crippen LogP contribution in [0, 0.1) is 6.92 Å². The maximum atomic E-state index is 5.96. The summed E-state index contributed by atoms with van der Waals surface area (Å²) in [5.41, 5.74) is 2.16. The molecule has 0 atom stereocenters. The number of allylic oxidation sites excluding steroid dienone is 2. The molecule has 0 unspecified atom stereocenters. The largest absolute Gasteiger partial charge is 0.456 e. The Bertz CT molecular complexity index is 553. The molecular formula is C19H22O. The molecule has 0 amide bonds. The number of ether oxygens (including phenoxy) is 1. The highest BCUT2D eigenvalue weighted by molar-refractivity contribution is 5.63. The molecule has 2 aromatic carbocycles. The van der Waals surface area contributed by atoms with Crippen molar-refractivity contribution in [3.63, 3.8) is 0 Å². The van der Waals surface area contributed by atoms with Crippen LogP contribution in [0.25, 0.3) is 5.76 Å². The third kappa shape index (κ3) is 4.43. The third-order valence-electron chi connectivity index (χ3n) is 2.64. The highest BCUT2D eigenvalue weighted by atomic mass is 16.5. The molecular weight excluding hydrogens is 244 g/mol. The maximum Gasteiger partial charge on any atom is 0.134 e. The van der Waals surface area contributed by atoms with Crippen LogP contribution in [0.2, 0.25) is 0 Å². The van der Waals surface area contributed by atoms with Gasteiger partial charge in [0.2, 0.25) is 0 Å². The minimum atomic E-state index is 0.805. The van der Waals surface area contributed by atoms with E-state index in [4.69, 9.17) is 4.74 Å². The van der Waals surface area contributed by atoms with Gasteiger partial charge in [0.1, 0.15) is 11.5 Å². The molecule has 20 heavy (non-hydrogen) atoms. The van der Waals surface area contributed by atoms with Gasteiger partial charge in [0.15, 0.2) is 0 Å². The number of rotatable bonds is 4. The highest BCUT2D eigenvalue weighted by Crippen LogP contribution is 2.24. The van der Waals surface area contributed by atoms with Gasteiger partial charge in [0.05, 0.1) is 0 Å². The van der Waals surface area contributed by atoms with Crippen molar-refractivity contribution in [2.75, 3.05) is 0 Å². The van der Waals surface area contributed by atoms with E-state index in [0.717, 1.165) is 22.6 Å². The molecule has 0 aliphatic heterocycles. The molecule has 104 valence electrons. The standard InChI is InChI=1S/C17H16O.C2H6/c1-3-9-17(15-11-5-4-6-12-15)18-16-13-8-7-10-14(16)2;1-2/h3-13H,1H2,2H3;1-2H3/b17-9-;. The zero-order chi connectivity index (χ0) is 14.8. The molecule has 0 saturated heterocycles. The Labute approximate surface area is 122 Å². The molecule has 0 aliphatic rings. The summed E-state index contributed by atoms with van der Waals surface area (Å²) >= 11 is 0. The molecule has 0 aromatic heterocycles. The summed E-state index contributed by atoms with van der Waals surface area (Å²) < 4.78 is 5.96. The highest BCUT2D eigenvalue weighted by Gasteiger charge is 2.04. The average molecular weight is 266 g/mol. The minimum Gasteiger partial charge on any atom is -0.456 e. The van der Waals surface area contributed by atoms with Crippen molar-refractivity contribution < 1.29 is 4.74 Å². The minimum absolute atomic E-state index is 0.805. The Kier molecular flexibility index (Phi) is 6.91. The third-order valence-corrected chi connectivity index (χ3v) is 2.64. The number of benzene rings is 2. The molecule has 0 N–H and O–H groups in total. The summed E-state index contributed by atoms with van der Waals surface area (Å²) in [6.45, 7) is 9.77. The van der Waals surface area contributed by atoms with Crippen LogP contribution in [0.15, 0.2) is 73.3 Å². The molecule has 0 aliphatic carbocycles. The fourth-order valence-electron chi connectivity index (χ4n) is 1.69. The van der Waals surface area contributed by atoms with E-state index in [2.05, 4.69) is 6.58 Å². The molecule has 1 heteroatoms. The van der Waals surface area contributed by atoms with Crippen LogP contribution in [-0.4, -0.2) is 0 Å². The van der Waals surface area contributed by atoms with Gasteiger partial charge in [0, 0.05) is 5.56 Å². The van der Waals surface area contributed by atoms with Crippen LogP contribution in [0.4, 0.5) is 0 Å². The molecule has 0 heterocycles. The smallest absolute Gasteiger partial charge is 0.134 e. The van der Waals surface area contributed by atoms with E-state index in [1.54, 1.807) is 6.08 Å². The predicted octanol–water partition coefficient (Wildman–Crippen LogP) is 5.63. The zero-order valence-electron chi connectivity index (χ0n) is 12.5. The van der Waals surface area contributed by atoms with Gasteiger partial charge in [-0.1, -0.05) is 75.0 Å². The van der Waals surface area contributed by atoms with Crippen molar-refractivity contribution in [2.24, 2.45) is 0 Å². The maximum absolute atomic E-state index is 5.96. The summed E-state index contributed by atoms with van der Waals surface area (Å²) in [5.74, 6) is 1.68. The van der Waals surface area contributed by atoms with Gasteiger partial charge >= 0.3 is 0 Å². The molecule has 2 rings (SSSR count). The molecule has 0 radical (unpaired) electrons. The first kappa shape index (κ1) is 15.8. The average Bonchev–Trinajstić information content (AvgIpc) is 2.52. The predicted molar refractivity (Wildman–Crippen MR) is 87.8 cm³/mol. The van der Waals surface area contributed by atoms with Crippen LogP contribution in [0.3, 0.4) is 0 Å². The lowest BCUT2D eigenvalue weighted by atomic mass is 10.1. The number of hydrogen-bond donors (Lipinski definition) is 0. The first-order valence-corrected chi connectivity index (χ1v) is 6.93. The lowest BCUT2D eigenvalue weighted by Gasteiger charge is -2.11. The van der Waals surface area contributed by atoms with Crippen molar-refractivity contribution in [1.29, 1.82) is 0 Å². The zero-order valence-corrected chi connectivity index (χ0v) is 12.5. The van der Waals surface area contributed by atoms with Crippen LogP contribution >= 0.6 is 0 Å². The molecule has 1 nitrogen and oxygen atoms in total. The summed E-state index contributed by atoms with van der Waals surface area (Å²) in [4.78, 5) is 0. The fraction of sp³-hybridized carbons (Fsp3) is 0.158. The number of aryl methyl sites for hydroxylation is 1. The van der Waals surface area contributed by atoms with E-state index in [-0.39, 0.29) is 0 Å². The second-order valence-corrected chi connectivity index (χ2v) is 4.00. The van der Waals surface area contributed by atoms with Crippen molar-refractivity contribution in [3.05, 3.63) is 84.5 Å². The second-order valence-electron chi connectivity index (χ2n) is 4.00. The number of para-hydroxylation sites is 1. The van der Waals surface area contributed by atoms with Crippen LogP contribution < -0.4 is 4.74 Å². The summed E-state index contributed by atoms with van der Waals surface area (Å²) in [6.07, 6.45) is 3.61. The molecule has 0 fully saturated rings. The van der Waals surface area contributed by atoms with E-state index < -0.39 is 0 Å². The summed E-state index contributed by atoms with van der Waals surface area (Å²) in [5, 5.41) is 0. The lowest BCUT2D eigenvalue weighted by Crippen LogP contribution is -1.96. The Balaban J connectivity index is 0.000000956. The van der Waals surface area contributed by atoms with Gasteiger partial charge < -0.3 is 4.74 Å². The quantitative estimate of drug-likeness (QED) is 0.515. The normalized spacial score (nSPS) is 10.2. The van der Waals surface area contributed by atoms with Gasteiger partial charge in [-0.05, 0) is 24.6 Å². The Morgan fingerprint density at radius 3 is 2.15 bits per heavy atom. The van der Waals surface area contributed by atoms with Crippen molar-refractivity contribution in [2.45, 2.75) is 20.8 Å². The summed E-state index contributed by atoms with van der Waals surface area (Å²) in [6, 6.07) is 18.0. The summed E-state index contributed by atoms with van der Waals surface area (Å²) in [7, 11) is 0. The van der Waals surface area contributed by atoms with E-state index >= 15 is 0 Å². The van der Waals surface area contributed by atoms with E-state index in [1.165, 1.54) is 0 Å². The van der Waals surface area contributed by atoms with Crippen molar-refractivity contribution in [1.82, 2.24) is 0 Å². The SMILES string of the molecule is C=C/C=C(\Oc1ccccc1C)c1ccccc1.CC. The van der Waals surface area contributed by atoms with Crippen LogP contribution in [0.5, 0.6) is 5.75 Å². The topological polar surface area (TPSA) is 9.23 Å².